The predicted octanol–water partition coefficient (Wildman–Crippen LogP) is 4.88. The van der Waals surface area contributed by atoms with Gasteiger partial charge >= 0.3 is 6.18 Å². The normalized spacial score (nSPS) is 13.4. The Morgan fingerprint density at radius 2 is 1.95 bits per heavy atom. The van der Waals surface area contributed by atoms with Crippen molar-refractivity contribution < 1.29 is 22.3 Å². The summed E-state index contributed by atoms with van der Waals surface area (Å²) in [4.78, 5) is 0. The maximum absolute atomic E-state index is 13.0. The average molecular weight is 299 g/mol. The van der Waals surface area contributed by atoms with E-state index in [1.54, 1.807) is 0 Å². The van der Waals surface area contributed by atoms with Gasteiger partial charge in [0, 0.05) is 5.88 Å². The second-order valence-electron chi connectivity index (χ2n) is 4.36. The van der Waals surface area contributed by atoms with Gasteiger partial charge in [-0.3, -0.25) is 0 Å². The van der Waals surface area contributed by atoms with Crippen molar-refractivity contribution in [2.75, 3.05) is 12.5 Å². The summed E-state index contributed by atoms with van der Waals surface area (Å²) in [6, 6.07) is 2.64. The highest BCUT2D eigenvalue weighted by molar-refractivity contribution is 6.17. The molecule has 1 nitrogen and oxygen atoms in total. The summed E-state index contributed by atoms with van der Waals surface area (Å²) in [7, 11) is 0. The Morgan fingerprint density at radius 1 is 1.26 bits per heavy atom. The fraction of sp³-hybridized carbons (Fsp3) is 0.538. The van der Waals surface area contributed by atoms with Crippen LogP contribution in [0.1, 0.15) is 25.3 Å². The van der Waals surface area contributed by atoms with Crippen LogP contribution in [0.25, 0.3) is 0 Å². The third kappa shape index (κ3) is 5.27. The van der Waals surface area contributed by atoms with Crippen LogP contribution in [0.3, 0.4) is 0 Å². The smallest absolute Gasteiger partial charge is 0.419 e. The molecule has 0 spiro atoms. The minimum Gasteiger partial charge on any atom is -0.494 e. The van der Waals surface area contributed by atoms with E-state index in [0.717, 1.165) is 12.5 Å². The number of rotatable bonds is 6. The maximum atomic E-state index is 13.0. The Kier molecular flexibility index (Phi) is 5.91. The summed E-state index contributed by atoms with van der Waals surface area (Å²) in [5.74, 6) is -0.405. The first-order valence-electron chi connectivity index (χ1n) is 5.90. The quantitative estimate of drug-likeness (QED) is 0.537. The van der Waals surface area contributed by atoms with Crippen LogP contribution >= 0.6 is 11.6 Å². The molecular formula is C13H15ClF4O. The van der Waals surface area contributed by atoms with E-state index in [2.05, 4.69) is 0 Å². The van der Waals surface area contributed by atoms with Crippen molar-refractivity contribution in [2.24, 2.45) is 5.92 Å². The molecule has 1 aromatic carbocycles. The third-order valence-electron chi connectivity index (χ3n) is 2.72. The van der Waals surface area contributed by atoms with Crippen molar-refractivity contribution in [1.82, 2.24) is 0 Å². The first-order chi connectivity index (χ1) is 8.84. The molecule has 19 heavy (non-hydrogen) atoms. The fourth-order valence-corrected chi connectivity index (χ4v) is 1.89. The summed E-state index contributed by atoms with van der Waals surface area (Å²) in [6.45, 7) is 2.26. The SMILES string of the molecule is CC(CCCl)CCOc1ccc(F)c(C(F)(F)F)c1. The molecule has 0 aliphatic carbocycles. The number of hydrogen-bond donors (Lipinski definition) is 0. The van der Waals surface area contributed by atoms with Crippen LogP contribution in [0.4, 0.5) is 17.6 Å². The highest BCUT2D eigenvalue weighted by atomic mass is 35.5. The minimum atomic E-state index is -4.71. The Labute approximate surface area is 114 Å². The van der Waals surface area contributed by atoms with Crippen molar-refractivity contribution in [3.05, 3.63) is 29.6 Å². The molecule has 0 aromatic heterocycles. The lowest BCUT2D eigenvalue weighted by Crippen LogP contribution is -2.09. The Balaban J connectivity index is 2.60. The molecule has 0 amide bonds. The summed E-state index contributed by atoms with van der Waals surface area (Å²) in [6.07, 6.45) is -3.21. The Morgan fingerprint density at radius 3 is 2.53 bits per heavy atom. The molecule has 1 aromatic rings. The Bertz CT molecular complexity index is 406. The topological polar surface area (TPSA) is 9.23 Å². The summed E-state index contributed by atoms with van der Waals surface area (Å²) in [5, 5.41) is 0. The van der Waals surface area contributed by atoms with Gasteiger partial charge in [0.25, 0.3) is 0 Å². The summed E-state index contributed by atoms with van der Waals surface area (Å²) >= 11 is 5.57. The van der Waals surface area contributed by atoms with Gasteiger partial charge in [0.05, 0.1) is 12.2 Å². The van der Waals surface area contributed by atoms with E-state index >= 15 is 0 Å². The minimum absolute atomic E-state index is 0.0202. The number of benzene rings is 1. The van der Waals surface area contributed by atoms with Crippen LogP contribution in [-0.4, -0.2) is 12.5 Å². The molecule has 0 fully saturated rings. The number of alkyl halides is 4. The van der Waals surface area contributed by atoms with Crippen molar-refractivity contribution in [3.8, 4) is 5.75 Å². The second-order valence-corrected chi connectivity index (χ2v) is 4.74. The van der Waals surface area contributed by atoms with E-state index in [1.165, 1.54) is 6.07 Å². The molecule has 0 aliphatic heterocycles. The van der Waals surface area contributed by atoms with E-state index in [-0.39, 0.29) is 12.4 Å². The molecule has 0 saturated heterocycles. The third-order valence-corrected chi connectivity index (χ3v) is 2.94. The molecule has 1 atom stereocenters. The van der Waals surface area contributed by atoms with E-state index in [1.807, 2.05) is 6.92 Å². The Hall–Kier alpha value is -0.970. The van der Waals surface area contributed by atoms with Gasteiger partial charge in [-0.15, -0.1) is 11.6 Å². The van der Waals surface area contributed by atoms with Crippen LogP contribution in [-0.2, 0) is 6.18 Å². The van der Waals surface area contributed by atoms with E-state index in [0.29, 0.717) is 24.3 Å². The molecule has 0 aliphatic rings. The first-order valence-corrected chi connectivity index (χ1v) is 6.43. The average Bonchev–Trinajstić information content (AvgIpc) is 2.30. The van der Waals surface area contributed by atoms with Gasteiger partial charge in [0.1, 0.15) is 11.6 Å². The molecule has 0 heterocycles. The number of halogens is 5. The van der Waals surface area contributed by atoms with Crippen LogP contribution in [0, 0.1) is 11.7 Å². The van der Waals surface area contributed by atoms with Gasteiger partial charge in [-0.25, -0.2) is 4.39 Å². The second kappa shape index (κ2) is 6.98. The highest BCUT2D eigenvalue weighted by Crippen LogP contribution is 2.33. The maximum Gasteiger partial charge on any atom is 0.419 e. The monoisotopic (exact) mass is 298 g/mol. The van der Waals surface area contributed by atoms with E-state index in [4.69, 9.17) is 16.3 Å². The van der Waals surface area contributed by atoms with E-state index in [9.17, 15) is 17.6 Å². The lowest BCUT2D eigenvalue weighted by molar-refractivity contribution is -0.140. The van der Waals surface area contributed by atoms with Crippen LogP contribution in [0.5, 0.6) is 5.75 Å². The molecule has 0 N–H and O–H groups in total. The number of ether oxygens (including phenoxy) is 1. The van der Waals surface area contributed by atoms with Crippen molar-refractivity contribution in [3.63, 3.8) is 0 Å². The van der Waals surface area contributed by atoms with Crippen LogP contribution < -0.4 is 4.74 Å². The molecule has 0 bridgehead atoms. The molecule has 6 heteroatoms. The molecule has 1 unspecified atom stereocenters. The standard InChI is InChI=1S/C13H15ClF4O/c1-9(4-6-14)5-7-19-10-2-3-12(15)11(8-10)13(16,17)18/h2-3,8-9H,4-7H2,1H3. The van der Waals surface area contributed by atoms with E-state index < -0.39 is 17.6 Å². The van der Waals surface area contributed by atoms with Gasteiger partial charge < -0.3 is 4.74 Å². The fourth-order valence-electron chi connectivity index (χ4n) is 1.52. The number of hydrogen-bond acceptors (Lipinski definition) is 1. The molecular weight excluding hydrogens is 284 g/mol. The van der Waals surface area contributed by atoms with Crippen LogP contribution in [0.15, 0.2) is 18.2 Å². The predicted molar refractivity (Wildman–Crippen MR) is 66.0 cm³/mol. The highest BCUT2D eigenvalue weighted by Gasteiger charge is 2.34. The zero-order chi connectivity index (χ0) is 14.5. The first kappa shape index (κ1) is 16.1. The molecule has 108 valence electrons. The van der Waals surface area contributed by atoms with Crippen molar-refractivity contribution >= 4 is 11.6 Å². The van der Waals surface area contributed by atoms with Crippen molar-refractivity contribution in [1.29, 1.82) is 0 Å². The molecule has 0 saturated carbocycles. The zero-order valence-electron chi connectivity index (χ0n) is 10.4. The lowest BCUT2D eigenvalue weighted by atomic mass is 10.1. The van der Waals surface area contributed by atoms with Gasteiger partial charge in [0.15, 0.2) is 0 Å². The van der Waals surface area contributed by atoms with Gasteiger partial charge in [-0.2, -0.15) is 13.2 Å². The molecule has 1 rings (SSSR count). The zero-order valence-corrected chi connectivity index (χ0v) is 11.2. The largest absolute Gasteiger partial charge is 0.494 e. The van der Waals surface area contributed by atoms with Gasteiger partial charge in [-0.1, -0.05) is 6.92 Å². The summed E-state index contributed by atoms with van der Waals surface area (Å²) in [5.41, 5.74) is -1.31. The molecule has 0 radical (unpaired) electrons. The lowest BCUT2D eigenvalue weighted by Gasteiger charge is -2.13. The van der Waals surface area contributed by atoms with Crippen LogP contribution in [0.2, 0.25) is 0 Å². The van der Waals surface area contributed by atoms with Gasteiger partial charge in [0.2, 0.25) is 0 Å². The van der Waals surface area contributed by atoms with Crippen molar-refractivity contribution in [2.45, 2.75) is 25.9 Å². The van der Waals surface area contributed by atoms with Gasteiger partial charge in [-0.05, 0) is 37.0 Å². The summed E-state index contributed by atoms with van der Waals surface area (Å²) < 4.78 is 55.6.